The number of aromatic nitrogens is 1. The van der Waals surface area contributed by atoms with Crippen LogP contribution in [0.1, 0.15) is 48.9 Å². The number of pyridine rings is 1. The molecule has 1 fully saturated rings. The van der Waals surface area contributed by atoms with E-state index in [2.05, 4.69) is 0 Å². The van der Waals surface area contributed by atoms with Gasteiger partial charge in [-0.2, -0.15) is 4.73 Å². The van der Waals surface area contributed by atoms with Crippen LogP contribution < -0.4 is 4.73 Å². The molecular formula is C13H19NO2. The number of aryl methyl sites for hydroxylation is 2. The summed E-state index contributed by atoms with van der Waals surface area (Å²) in [4.78, 5) is 0. The van der Waals surface area contributed by atoms with Gasteiger partial charge in [-0.25, -0.2) is 0 Å². The van der Waals surface area contributed by atoms with E-state index >= 15 is 0 Å². The van der Waals surface area contributed by atoms with E-state index < -0.39 is 5.60 Å². The molecule has 1 heterocycles. The van der Waals surface area contributed by atoms with E-state index in [-0.39, 0.29) is 0 Å². The van der Waals surface area contributed by atoms with Gasteiger partial charge in [-0.1, -0.05) is 6.42 Å². The van der Waals surface area contributed by atoms with E-state index in [0.717, 1.165) is 35.1 Å². The Morgan fingerprint density at radius 3 is 2.44 bits per heavy atom. The van der Waals surface area contributed by atoms with Crippen molar-refractivity contribution in [3.8, 4) is 0 Å². The molecule has 1 aromatic heterocycles. The number of hydrogen-bond acceptors (Lipinski definition) is 2. The zero-order chi connectivity index (χ0) is 11.8. The molecule has 0 spiro atoms. The monoisotopic (exact) mass is 221 g/mol. The Morgan fingerprint density at radius 1 is 1.25 bits per heavy atom. The van der Waals surface area contributed by atoms with Crippen LogP contribution in [0.5, 0.6) is 0 Å². The first-order chi connectivity index (χ1) is 7.53. The summed E-state index contributed by atoms with van der Waals surface area (Å²) in [7, 11) is 0. The second kappa shape index (κ2) is 4.06. The molecule has 2 rings (SSSR count). The second-order valence-corrected chi connectivity index (χ2v) is 4.97. The minimum absolute atomic E-state index is 0.554. The lowest BCUT2D eigenvalue weighted by atomic mass is 9.80. The van der Waals surface area contributed by atoms with Crippen LogP contribution in [-0.2, 0) is 5.60 Å². The molecule has 0 aromatic carbocycles. The van der Waals surface area contributed by atoms with Crippen LogP contribution in [0.25, 0.3) is 0 Å². The molecule has 0 unspecified atom stereocenters. The molecule has 1 aliphatic carbocycles. The number of nitrogens with zero attached hydrogens (tertiary/aromatic N) is 1. The fourth-order valence-corrected chi connectivity index (χ4v) is 2.82. The highest BCUT2D eigenvalue weighted by atomic mass is 16.5. The van der Waals surface area contributed by atoms with E-state index in [4.69, 9.17) is 0 Å². The van der Waals surface area contributed by atoms with Gasteiger partial charge in [0.15, 0.2) is 6.20 Å². The van der Waals surface area contributed by atoms with Crippen LogP contribution in [0.4, 0.5) is 0 Å². The van der Waals surface area contributed by atoms with Gasteiger partial charge in [0.05, 0.1) is 0 Å². The minimum atomic E-state index is -0.905. The highest BCUT2D eigenvalue weighted by Crippen LogP contribution is 2.36. The molecule has 1 saturated carbocycles. The smallest absolute Gasteiger partial charge is 0.227 e. The van der Waals surface area contributed by atoms with Gasteiger partial charge < -0.3 is 10.3 Å². The summed E-state index contributed by atoms with van der Waals surface area (Å²) >= 11 is 0. The molecule has 0 aliphatic heterocycles. The fourth-order valence-electron chi connectivity index (χ4n) is 2.82. The lowest BCUT2D eigenvalue weighted by Crippen LogP contribution is -2.44. The van der Waals surface area contributed by atoms with E-state index in [0.29, 0.717) is 18.5 Å². The van der Waals surface area contributed by atoms with Crippen molar-refractivity contribution in [2.45, 2.75) is 51.6 Å². The Kier molecular flexibility index (Phi) is 2.89. The van der Waals surface area contributed by atoms with Gasteiger partial charge in [0.25, 0.3) is 0 Å². The molecule has 0 atom stereocenters. The summed E-state index contributed by atoms with van der Waals surface area (Å²) in [5.41, 5.74) is 1.49. The van der Waals surface area contributed by atoms with Crippen LogP contribution in [0.3, 0.4) is 0 Å². The molecule has 88 valence electrons. The van der Waals surface area contributed by atoms with Crippen molar-refractivity contribution in [3.63, 3.8) is 0 Å². The van der Waals surface area contributed by atoms with Gasteiger partial charge in [-0.15, -0.1) is 0 Å². The van der Waals surface area contributed by atoms with Crippen LogP contribution in [0.15, 0.2) is 12.3 Å². The average Bonchev–Trinajstić information content (AvgIpc) is 2.16. The zero-order valence-electron chi connectivity index (χ0n) is 9.99. The van der Waals surface area contributed by atoms with Crippen molar-refractivity contribution in [2.24, 2.45) is 0 Å². The first-order valence-corrected chi connectivity index (χ1v) is 5.96. The SMILES string of the molecule is Cc1cc(C)c(C2(O)CCCCC2)[n+]([O-])c1. The molecule has 0 radical (unpaired) electrons. The maximum atomic E-state index is 11.9. The summed E-state index contributed by atoms with van der Waals surface area (Å²) in [5.74, 6) is 0. The van der Waals surface area contributed by atoms with Gasteiger partial charge in [-0.3, -0.25) is 0 Å². The third-order valence-electron chi connectivity index (χ3n) is 3.48. The summed E-state index contributed by atoms with van der Waals surface area (Å²) < 4.78 is 0.857. The van der Waals surface area contributed by atoms with Crippen LogP contribution >= 0.6 is 0 Å². The van der Waals surface area contributed by atoms with Gasteiger partial charge >= 0.3 is 0 Å². The lowest BCUT2D eigenvalue weighted by molar-refractivity contribution is -0.624. The van der Waals surface area contributed by atoms with Crippen LogP contribution in [0.2, 0.25) is 0 Å². The molecule has 0 bridgehead atoms. The van der Waals surface area contributed by atoms with Crippen molar-refractivity contribution in [1.29, 1.82) is 0 Å². The third-order valence-corrected chi connectivity index (χ3v) is 3.48. The maximum absolute atomic E-state index is 11.9. The predicted molar refractivity (Wildman–Crippen MR) is 61.9 cm³/mol. The number of aliphatic hydroxyl groups is 1. The van der Waals surface area contributed by atoms with Crippen molar-refractivity contribution in [2.75, 3.05) is 0 Å². The molecule has 1 N–H and O–H groups in total. The Morgan fingerprint density at radius 2 is 1.88 bits per heavy atom. The summed E-state index contributed by atoms with van der Waals surface area (Å²) in [6, 6.07) is 1.97. The Hall–Kier alpha value is -1.09. The van der Waals surface area contributed by atoms with E-state index in [1.807, 2.05) is 19.9 Å². The molecule has 16 heavy (non-hydrogen) atoms. The second-order valence-electron chi connectivity index (χ2n) is 4.97. The highest BCUT2D eigenvalue weighted by Gasteiger charge is 2.39. The quantitative estimate of drug-likeness (QED) is 0.583. The largest absolute Gasteiger partial charge is 0.618 e. The fraction of sp³-hybridized carbons (Fsp3) is 0.615. The Bertz CT molecular complexity index is 372. The van der Waals surface area contributed by atoms with E-state index in [1.54, 1.807) is 6.20 Å². The van der Waals surface area contributed by atoms with E-state index in [1.165, 1.54) is 0 Å². The van der Waals surface area contributed by atoms with Crippen molar-refractivity contribution < 1.29 is 9.84 Å². The molecule has 1 aliphatic rings. The zero-order valence-corrected chi connectivity index (χ0v) is 9.99. The summed E-state index contributed by atoms with van der Waals surface area (Å²) in [6.45, 7) is 3.80. The van der Waals surface area contributed by atoms with Crippen molar-refractivity contribution in [1.82, 2.24) is 0 Å². The van der Waals surface area contributed by atoms with Gasteiger partial charge in [0.2, 0.25) is 5.69 Å². The van der Waals surface area contributed by atoms with Gasteiger partial charge in [0, 0.05) is 11.1 Å². The first kappa shape index (κ1) is 11.4. The first-order valence-electron chi connectivity index (χ1n) is 5.96. The van der Waals surface area contributed by atoms with Crippen LogP contribution in [0, 0.1) is 19.1 Å². The maximum Gasteiger partial charge on any atom is 0.227 e. The number of hydrogen-bond donors (Lipinski definition) is 1. The number of rotatable bonds is 1. The van der Waals surface area contributed by atoms with Gasteiger partial charge in [0.1, 0.15) is 5.60 Å². The molecule has 1 aromatic rings. The highest BCUT2D eigenvalue weighted by molar-refractivity contribution is 5.24. The normalized spacial score (nSPS) is 19.7. The molecule has 3 nitrogen and oxygen atoms in total. The van der Waals surface area contributed by atoms with Crippen LogP contribution in [-0.4, -0.2) is 5.11 Å². The third kappa shape index (κ3) is 1.92. The summed E-state index contributed by atoms with van der Waals surface area (Å²) in [5, 5.41) is 22.5. The summed E-state index contributed by atoms with van der Waals surface area (Å²) in [6.07, 6.45) is 6.13. The topological polar surface area (TPSA) is 47.2 Å². The predicted octanol–water partition coefficient (Wildman–Crippen LogP) is 2.09. The molecule has 0 amide bonds. The Balaban J connectivity index is 2.46. The molecule has 0 saturated heterocycles. The standard InChI is InChI=1S/C13H19NO2/c1-10-8-11(2)12(14(16)9-10)13(15)6-4-3-5-7-13/h8-9,15H,3-7H2,1-2H3. The van der Waals surface area contributed by atoms with Crippen molar-refractivity contribution in [3.05, 3.63) is 34.3 Å². The molecular weight excluding hydrogens is 202 g/mol. The lowest BCUT2D eigenvalue weighted by Gasteiger charge is -2.31. The van der Waals surface area contributed by atoms with Crippen molar-refractivity contribution >= 4 is 0 Å². The Labute approximate surface area is 96.3 Å². The van der Waals surface area contributed by atoms with E-state index in [9.17, 15) is 10.3 Å². The van der Waals surface area contributed by atoms with Gasteiger partial charge in [-0.05, 0) is 45.6 Å². The molecule has 3 heteroatoms. The average molecular weight is 221 g/mol. The minimum Gasteiger partial charge on any atom is -0.618 e.